The Labute approximate surface area is 187 Å². The third kappa shape index (κ3) is 5.95. The summed E-state index contributed by atoms with van der Waals surface area (Å²) in [7, 11) is 0. The zero-order valence-corrected chi connectivity index (χ0v) is 20.8. The van der Waals surface area contributed by atoms with Gasteiger partial charge in [-0.25, -0.2) is 0 Å². The number of benzene rings is 2. The molecule has 0 amide bonds. The fourth-order valence-electron chi connectivity index (χ4n) is 3.53. The Hall–Kier alpha value is -0.100. The fourth-order valence-corrected chi connectivity index (χ4v) is 5.43. The van der Waals surface area contributed by atoms with Crippen LogP contribution in [0.15, 0.2) is 30.3 Å². The highest BCUT2D eigenvalue weighted by atomic mass is 127. The van der Waals surface area contributed by atoms with Crippen molar-refractivity contribution in [2.75, 3.05) is 0 Å². The van der Waals surface area contributed by atoms with Crippen LogP contribution >= 0.6 is 45.2 Å². The second-order valence-electron chi connectivity index (χ2n) is 7.14. The third-order valence-corrected chi connectivity index (χ3v) is 7.49. The third-order valence-electron chi connectivity index (χ3n) is 5.14. The van der Waals surface area contributed by atoms with Gasteiger partial charge in [-0.1, -0.05) is 70.7 Å². The summed E-state index contributed by atoms with van der Waals surface area (Å²) in [6.45, 7) is 6.84. The van der Waals surface area contributed by atoms with Crippen molar-refractivity contribution in [3.05, 3.63) is 54.2 Å². The molecule has 0 radical (unpaired) electrons. The fraction of sp³-hybridized carbons (Fsp3) is 0.500. The van der Waals surface area contributed by atoms with Crippen molar-refractivity contribution in [3.8, 4) is 11.1 Å². The van der Waals surface area contributed by atoms with Crippen LogP contribution in [0, 0.1) is 7.14 Å². The molecule has 0 atom stereocenters. The molecule has 0 unspecified atom stereocenters. The summed E-state index contributed by atoms with van der Waals surface area (Å²) in [6.07, 6.45) is 11.4. The van der Waals surface area contributed by atoms with Gasteiger partial charge in [0.1, 0.15) is 0 Å². The predicted octanol–water partition coefficient (Wildman–Crippen LogP) is 8.59. The smallest absolute Gasteiger partial charge is 0.0200 e. The Bertz CT molecular complexity index is 704. The predicted molar refractivity (Wildman–Crippen MR) is 133 cm³/mol. The van der Waals surface area contributed by atoms with Crippen LogP contribution in [-0.2, 0) is 19.3 Å². The first kappa shape index (κ1) is 22.2. The van der Waals surface area contributed by atoms with Crippen molar-refractivity contribution < 1.29 is 0 Å². The van der Waals surface area contributed by atoms with E-state index in [0.717, 1.165) is 6.42 Å². The summed E-state index contributed by atoms with van der Waals surface area (Å²) in [5, 5.41) is 0. The Morgan fingerprint density at radius 2 is 1.35 bits per heavy atom. The molecule has 142 valence electrons. The molecule has 2 aromatic carbocycles. The minimum Gasteiger partial charge on any atom is -0.0654 e. The Morgan fingerprint density at radius 3 is 1.92 bits per heavy atom. The summed E-state index contributed by atoms with van der Waals surface area (Å²) >= 11 is 5.11. The monoisotopic (exact) mass is 574 g/mol. The Balaban J connectivity index is 2.27. The molecule has 0 nitrogen and oxygen atoms in total. The highest BCUT2D eigenvalue weighted by Gasteiger charge is 2.12. The van der Waals surface area contributed by atoms with Gasteiger partial charge >= 0.3 is 0 Å². The van der Waals surface area contributed by atoms with Crippen molar-refractivity contribution in [3.63, 3.8) is 0 Å². The van der Waals surface area contributed by atoms with E-state index in [4.69, 9.17) is 0 Å². The van der Waals surface area contributed by atoms with E-state index >= 15 is 0 Å². The van der Waals surface area contributed by atoms with Gasteiger partial charge in [-0.2, -0.15) is 0 Å². The van der Waals surface area contributed by atoms with Crippen molar-refractivity contribution in [2.45, 2.75) is 78.6 Å². The molecule has 0 aliphatic carbocycles. The van der Waals surface area contributed by atoms with E-state index in [2.05, 4.69) is 96.3 Å². The van der Waals surface area contributed by atoms with Gasteiger partial charge in [0.15, 0.2) is 0 Å². The van der Waals surface area contributed by atoms with E-state index in [1.165, 1.54) is 86.3 Å². The maximum atomic E-state index is 2.58. The topological polar surface area (TPSA) is 0 Å². The summed E-state index contributed by atoms with van der Waals surface area (Å²) in [6, 6.07) is 11.8. The van der Waals surface area contributed by atoms with Gasteiger partial charge in [0.2, 0.25) is 0 Å². The number of unbranched alkanes of at least 4 members (excludes halogenated alkanes) is 4. The molecule has 2 heteroatoms. The van der Waals surface area contributed by atoms with E-state index in [1.54, 1.807) is 0 Å². The summed E-state index contributed by atoms with van der Waals surface area (Å²) in [5.74, 6) is 0. The second kappa shape index (κ2) is 11.7. The molecule has 0 fully saturated rings. The average molecular weight is 574 g/mol. The van der Waals surface area contributed by atoms with E-state index in [0.29, 0.717) is 0 Å². The molecule has 0 N–H and O–H groups in total. The summed E-state index contributed by atoms with van der Waals surface area (Å²) in [4.78, 5) is 0. The normalized spacial score (nSPS) is 11.1. The van der Waals surface area contributed by atoms with Crippen molar-refractivity contribution in [1.82, 2.24) is 0 Å². The van der Waals surface area contributed by atoms with Crippen LogP contribution in [0.1, 0.15) is 76.0 Å². The van der Waals surface area contributed by atoms with Gasteiger partial charge in [-0.15, -0.1) is 0 Å². The quantitative estimate of drug-likeness (QED) is 0.197. The van der Waals surface area contributed by atoms with E-state index in [-0.39, 0.29) is 0 Å². The minimum absolute atomic E-state index is 1.10. The molecule has 0 heterocycles. The number of rotatable bonds is 10. The second-order valence-corrected chi connectivity index (χ2v) is 9.38. The summed E-state index contributed by atoms with van der Waals surface area (Å²) in [5.41, 5.74) is 7.36. The lowest BCUT2D eigenvalue weighted by Crippen LogP contribution is -1.99. The number of hydrogen-bond donors (Lipinski definition) is 0. The lowest BCUT2D eigenvalue weighted by Gasteiger charge is -2.16. The first-order chi connectivity index (χ1) is 12.6. The van der Waals surface area contributed by atoms with Crippen LogP contribution in [0.5, 0.6) is 0 Å². The average Bonchev–Trinajstić information content (AvgIpc) is 2.64. The standard InChI is InChI=1S/C24H32I2/c1-4-7-9-11-18-13-14-20(17-23(18)25)22-16-15-19(12-10-8-5-2)24(26)21(22)6-3/h13-17H,4-12H2,1-3H3. The SMILES string of the molecule is CCCCCc1ccc(-c2ccc(CCCCC)c(I)c2CC)cc1I. The van der Waals surface area contributed by atoms with Gasteiger partial charge in [0, 0.05) is 7.14 Å². The van der Waals surface area contributed by atoms with Crippen LogP contribution in [0.2, 0.25) is 0 Å². The maximum Gasteiger partial charge on any atom is 0.0200 e. The Morgan fingerprint density at radius 1 is 0.731 bits per heavy atom. The number of hydrogen-bond acceptors (Lipinski definition) is 0. The zero-order valence-electron chi connectivity index (χ0n) is 16.5. The van der Waals surface area contributed by atoms with Crippen LogP contribution in [-0.4, -0.2) is 0 Å². The molecule has 0 aliphatic rings. The lowest BCUT2D eigenvalue weighted by atomic mass is 9.93. The van der Waals surface area contributed by atoms with Gasteiger partial charge < -0.3 is 0 Å². The first-order valence-corrected chi connectivity index (χ1v) is 12.4. The number of aryl methyl sites for hydroxylation is 2. The summed E-state index contributed by atoms with van der Waals surface area (Å²) < 4.78 is 2.90. The zero-order chi connectivity index (χ0) is 18.9. The highest BCUT2D eigenvalue weighted by Crippen LogP contribution is 2.32. The minimum atomic E-state index is 1.10. The van der Waals surface area contributed by atoms with E-state index < -0.39 is 0 Å². The molecule has 2 rings (SSSR count). The largest absolute Gasteiger partial charge is 0.0654 e. The highest BCUT2D eigenvalue weighted by molar-refractivity contribution is 14.1. The molecular formula is C24H32I2. The van der Waals surface area contributed by atoms with Gasteiger partial charge in [0.05, 0.1) is 0 Å². The Kier molecular flexibility index (Phi) is 9.97. The molecular weight excluding hydrogens is 542 g/mol. The van der Waals surface area contributed by atoms with Gasteiger partial charge in [-0.3, -0.25) is 0 Å². The van der Waals surface area contributed by atoms with Crippen LogP contribution in [0.4, 0.5) is 0 Å². The maximum absolute atomic E-state index is 2.58. The lowest BCUT2D eigenvalue weighted by molar-refractivity contribution is 0.715. The van der Waals surface area contributed by atoms with E-state index in [9.17, 15) is 0 Å². The van der Waals surface area contributed by atoms with Crippen LogP contribution < -0.4 is 0 Å². The van der Waals surface area contributed by atoms with E-state index in [1.807, 2.05) is 0 Å². The molecule has 0 aromatic heterocycles. The molecule has 0 aliphatic heterocycles. The van der Waals surface area contributed by atoms with Gasteiger partial charge in [-0.05, 0) is 111 Å². The molecule has 0 spiro atoms. The van der Waals surface area contributed by atoms with Gasteiger partial charge in [0.25, 0.3) is 0 Å². The molecule has 0 saturated heterocycles. The molecule has 26 heavy (non-hydrogen) atoms. The molecule has 0 saturated carbocycles. The van der Waals surface area contributed by atoms with Crippen molar-refractivity contribution >= 4 is 45.2 Å². The molecule has 0 bridgehead atoms. The van der Waals surface area contributed by atoms with Crippen molar-refractivity contribution in [2.24, 2.45) is 0 Å². The van der Waals surface area contributed by atoms with Crippen LogP contribution in [0.3, 0.4) is 0 Å². The van der Waals surface area contributed by atoms with Crippen LogP contribution in [0.25, 0.3) is 11.1 Å². The number of halogens is 2. The molecule has 2 aromatic rings. The first-order valence-electron chi connectivity index (χ1n) is 10.2. The van der Waals surface area contributed by atoms with Crippen molar-refractivity contribution in [1.29, 1.82) is 0 Å².